The van der Waals surface area contributed by atoms with Crippen LogP contribution in [-0.4, -0.2) is 55.1 Å². The van der Waals surface area contributed by atoms with Gasteiger partial charge in [-0.05, 0) is 53.8 Å². The van der Waals surface area contributed by atoms with Gasteiger partial charge in [-0.15, -0.1) is 24.0 Å². The molecule has 1 unspecified atom stereocenters. The summed E-state index contributed by atoms with van der Waals surface area (Å²) in [7, 11) is 9.86. The minimum absolute atomic E-state index is 0. The van der Waals surface area contributed by atoms with Gasteiger partial charge in [0.15, 0.2) is 5.96 Å². The molecule has 150 valence electrons. The van der Waals surface area contributed by atoms with Crippen LogP contribution in [0.1, 0.15) is 17.3 Å². The summed E-state index contributed by atoms with van der Waals surface area (Å²) in [6.45, 7) is 1.41. The molecule has 2 rings (SSSR count). The molecule has 5 nitrogen and oxygen atoms in total. The molecule has 0 radical (unpaired) electrons. The summed E-state index contributed by atoms with van der Waals surface area (Å²) in [5, 5.41) is 3.43. The molecule has 0 amide bonds. The average Bonchev–Trinajstić information content (AvgIpc) is 2.89. The smallest absolute Gasteiger partial charge is 0.193 e. The molecule has 0 bridgehead atoms. The Bertz CT molecular complexity index is 745. The molecule has 0 saturated carbocycles. The van der Waals surface area contributed by atoms with Crippen molar-refractivity contribution in [1.82, 2.24) is 19.7 Å². The van der Waals surface area contributed by atoms with Crippen molar-refractivity contribution in [1.29, 1.82) is 0 Å². The molecule has 27 heavy (non-hydrogen) atoms. The molecule has 1 atom stereocenters. The van der Waals surface area contributed by atoms with E-state index in [1.54, 1.807) is 7.05 Å². The first-order valence-corrected chi connectivity index (χ1v) is 9.25. The second-order valence-corrected chi connectivity index (χ2v) is 7.49. The van der Waals surface area contributed by atoms with Crippen molar-refractivity contribution in [2.24, 2.45) is 12.0 Å². The van der Waals surface area contributed by atoms with E-state index < -0.39 is 0 Å². The summed E-state index contributed by atoms with van der Waals surface area (Å²) >= 11 is 3.51. The van der Waals surface area contributed by atoms with Gasteiger partial charge in [-0.25, -0.2) is 4.39 Å². The maximum atomic E-state index is 13.2. The fraction of sp³-hybridized carbons (Fsp3) is 0.421. The zero-order chi connectivity index (χ0) is 19.3. The number of halogens is 3. The Labute approximate surface area is 186 Å². The Hall–Kier alpha value is -1.13. The Morgan fingerprint density at radius 1 is 1.26 bits per heavy atom. The highest BCUT2D eigenvalue weighted by atomic mass is 127. The first-order valence-electron chi connectivity index (χ1n) is 8.46. The van der Waals surface area contributed by atoms with Crippen LogP contribution in [0.4, 0.5) is 4.39 Å². The summed E-state index contributed by atoms with van der Waals surface area (Å²) in [4.78, 5) is 8.59. The van der Waals surface area contributed by atoms with Crippen LogP contribution in [0.2, 0.25) is 0 Å². The normalized spacial score (nSPS) is 12.7. The number of aromatic nitrogens is 1. The molecular formula is C19H28BrFIN5. The first kappa shape index (κ1) is 23.9. The topological polar surface area (TPSA) is 35.8 Å². The van der Waals surface area contributed by atoms with Gasteiger partial charge in [-0.1, -0.05) is 12.1 Å². The second kappa shape index (κ2) is 11.0. The van der Waals surface area contributed by atoms with Gasteiger partial charge in [0.25, 0.3) is 0 Å². The quantitative estimate of drug-likeness (QED) is 0.336. The average molecular weight is 552 g/mol. The number of hydrogen-bond acceptors (Lipinski definition) is 2. The number of nitrogens with one attached hydrogen (secondary N) is 1. The summed E-state index contributed by atoms with van der Waals surface area (Å²) in [6, 6.07) is 8.88. The third-order valence-corrected chi connectivity index (χ3v) is 4.81. The number of aryl methyl sites for hydroxylation is 1. The Balaban J connectivity index is 0.00000364. The molecule has 8 heteroatoms. The minimum atomic E-state index is -0.219. The molecular weight excluding hydrogens is 524 g/mol. The van der Waals surface area contributed by atoms with E-state index >= 15 is 0 Å². The van der Waals surface area contributed by atoms with Crippen molar-refractivity contribution >= 4 is 45.9 Å². The third-order valence-electron chi connectivity index (χ3n) is 4.38. The molecule has 0 spiro atoms. The van der Waals surface area contributed by atoms with Crippen LogP contribution in [0.3, 0.4) is 0 Å². The summed E-state index contributed by atoms with van der Waals surface area (Å²) in [5.41, 5.74) is 2.25. The number of likely N-dealkylation sites (N-methyl/N-ethyl adjacent to an activating group) is 1. The summed E-state index contributed by atoms with van der Waals surface area (Å²) in [5.74, 6) is 0.597. The SMILES string of the molecule is CN=C(NCC(c1ccc(F)cc1)N(C)C)N(C)Cc1cc(Br)cn1C.I. The Morgan fingerprint density at radius 2 is 1.89 bits per heavy atom. The number of rotatable bonds is 6. The van der Waals surface area contributed by atoms with Crippen molar-refractivity contribution in [3.05, 3.63) is 58.1 Å². The molecule has 0 saturated heterocycles. The van der Waals surface area contributed by atoms with Crippen molar-refractivity contribution in [2.45, 2.75) is 12.6 Å². The van der Waals surface area contributed by atoms with E-state index in [0.717, 1.165) is 22.5 Å². The van der Waals surface area contributed by atoms with Crippen LogP contribution in [0.15, 0.2) is 46.0 Å². The van der Waals surface area contributed by atoms with Crippen LogP contribution in [0.5, 0.6) is 0 Å². The summed E-state index contributed by atoms with van der Waals surface area (Å²) in [6.07, 6.45) is 2.04. The van der Waals surface area contributed by atoms with Gasteiger partial charge in [-0.3, -0.25) is 4.99 Å². The maximum Gasteiger partial charge on any atom is 0.193 e. The van der Waals surface area contributed by atoms with E-state index in [2.05, 4.69) is 46.7 Å². The van der Waals surface area contributed by atoms with E-state index in [9.17, 15) is 4.39 Å². The van der Waals surface area contributed by atoms with E-state index in [1.165, 1.54) is 17.8 Å². The minimum Gasteiger partial charge on any atom is -0.354 e. The second-order valence-electron chi connectivity index (χ2n) is 6.58. The van der Waals surface area contributed by atoms with Crippen molar-refractivity contribution < 1.29 is 4.39 Å². The molecule has 1 N–H and O–H groups in total. The van der Waals surface area contributed by atoms with Crippen LogP contribution >= 0.6 is 39.9 Å². The van der Waals surface area contributed by atoms with Crippen LogP contribution in [-0.2, 0) is 13.6 Å². The van der Waals surface area contributed by atoms with Crippen molar-refractivity contribution in [2.75, 3.05) is 34.7 Å². The van der Waals surface area contributed by atoms with Crippen LogP contribution < -0.4 is 5.32 Å². The number of benzene rings is 1. The molecule has 0 fully saturated rings. The summed E-state index contributed by atoms with van der Waals surface area (Å²) < 4.78 is 16.4. The molecule has 1 heterocycles. The lowest BCUT2D eigenvalue weighted by Crippen LogP contribution is -2.42. The first-order chi connectivity index (χ1) is 12.3. The lowest BCUT2D eigenvalue weighted by molar-refractivity contribution is 0.295. The molecule has 1 aromatic heterocycles. The highest BCUT2D eigenvalue weighted by Gasteiger charge is 2.16. The monoisotopic (exact) mass is 551 g/mol. The molecule has 0 aliphatic rings. The number of guanidine groups is 1. The molecule has 0 aliphatic carbocycles. The van der Waals surface area contributed by atoms with Gasteiger partial charge in [0, 0.05) is 44.1 Å². The largest absolute Gasteiger partial charge is 0.354 e. The van der Waals surface area contributed by atoms with Crippen molar-refractivity contribution in [3.8, 4) is 0 Å². The third kappa shape index (κ3) is 6.76. The zero-order valence-corrected chi connectivity index (χ0v) is 20.3. The molecule has 2 aromatic rings. The fourth-order valence-electron chi connectivity index (χ4n) is 2.90. The van der Waals surface area contributed by atoms with Crippen LogP contribution in [0.25, 0.3) is 0 Å². The van der Waals surface area contributed by atoms with E-state index in [4.69, 9.17) is 0 Å². The van der Waals surface area contributed by atoms with Crippen molar-refractivity contribution in [3.63, 3.8) is 0 Å². The van der Waals surface area contributed by atoms with Gasteiger partial charge in [0.1, 0.15) is 5.82 Å². The number of nitrogens with zero attached hydrogens (tertiary/aromatic N) is 4. The Morgan fingerprint density at radius 3 is 2.37 bits per heavy atom. The van der Waals surface area contributed by atoms with Gasteiger partial charge >= 0.3 is 0 Å². The van der Waals surface area contributed by atoms with Gasteiger partial charge < -0.3 is 19.7 Å². The van der Waals surface area contributed by atoms with Gasteiger partial charge in [0.05, 0.1) is 12.6 Å². The number of hydrogen-bond donors (Lipinski definition) is 1. The maximum absolute atomic E-state index is 13.2. The zero-order valence-electron chi connectivity index (χ0n) is 16.4. The predicted octanol–water partition coefficient (Wildman–Crippen LogP) is 3.85. The fourth-order valence-corrected chi connectivity index (χ4v) is 3.47. The molecule has 0 aliphatic heterocycles. The lowest BCUT2D eigenvalue weighted by atomic mass is 10.1. The highest BCUT2D eigenvalue weighted by molar-refractivity contribution is 14.0. The van der Waals surface area contributed by atoms with E-state index in [0.29, 0.717) is 6.54 Å². The van der Waals surface area contributed by atoms with Gasteiger partial charge in [0.2, 0.25) is 0 Å². The van der Waals surface area contributed by atoms with Crippen LogP contribution in [0, 0.1) is 5.82 Å². The van der Waals surface area contributed by atoms with E-state index in [1.807, 2.05) is 46.5 Å². The highest BCUT2D eigenvalue weighted by Crippen LogP contribution is 2.18. The lowest BCUT2D eigenvalue weighted by Gasteiger charge is -2.28. The standard InChI is InChI=1S/C19H27BrFN5.HI/c1-22-19(26(5)13-17-10-15(20)12-25(17)4)23-11-18(24(2)3)14-6-8-16(21)9-7-14;/h6-10,12,18H,11,13H2,1-5H3,(H,22,23);1H. The van der Waals surface area contributed by atoms with Gasteiger partial charge in [-0.2, -0.15) is 0 Å². The predicted molar refractivity (Wildman–Crippen MR) is 124 cm³/mol. The molecule has 1 aromatic carbocycles. The number of aliphatic imine (C=N–C) groups is 1. The Kier molecular flexibility index (Phi) is 9.75. The van der Waals surface area contributed by atoms with E-state index in [-0.39, 0.29) is 35.8 Å².